The zero-order valence-electron chi connectivity index (χ0n) is 10.2. The summed E-state index contributed by atoms with van der Waals surface area (Å²) in [5.41, 5.74) is 1.53. The third-order valence-corrected chi connectivity index (χ3v) is 2.40. The van der Waals surface area contributed by atoms with Gasteiger partial charge < -0.3 is 10.1 Å². The molecule has 0 saturated heterocycles. The lowest BCUT2D eigenvalue weighted by Crippen LogP contribution is -2.20. The number of nitrogens with zero attached hydrogens (tertiary/aromatic N) is 1. The minimum Gasteiger partial charge on any atom is -0.497 e. The number of ether oxygens (including phenoxy) is 1. The second kappa shape index (κ2) is 5.22. The van der Waals surface area contributed by atoms with Gasteiger partial charge in [-0.15, -0.1) is 0 Å². The van der Waals surface area contributed by atoms with E-state index >= 15 is 0 Å². The zero-order valence-corrected chi connectivity index (χ0v) is 10.2. The maximum absolute atomic E-state index is 11.7. The minimum absolute atomic E-state index is 0.337. The highest BCUT2D eigenvalue weighted by molar-refractivity contribution is 5.99. The van der Waals surface area contributed by atoms with Crippen LogP contribution >= 0.6 is 0 Å². The molecule has 0 saturated carbocycles. The van der Waals surface area contributed by atoms with E-state index in [2.05, 4.69) is 20.8 Å². The number of aromatic nitrogens is 2. The predicted molar refractivity (Wildman–Crippen MR) is 69.0 cm³/mol. The Morgan fingerprint density at radius 3 is 2.89 bits per heavy atom. The molecule has 0 aliphatic carbocycles. The fraction of sp³-hybridized carbons (Fsp3) is 0.167. The van der Waals surface area contributed by atoms with E-state index in [1.54, 1.807) is 31.5 Å². The molecule has 2 aromatic rings. The molecule has 2 rings (SSSR count). The van der Waals surface area contributed by atoms with Gasteiger partial charge in [-0.25, -0.2) is 4.79 Å². The predicted octanol–water partition coefficient (Wildman–Crippen LogP) is 2.37. The van der Waals surface area contributed by atoms with E-state index in [0.717, 1.165) is 5.56 Å². The summed E-state index contributed by atoms with van der Waals surface area (Å²) in [5.74, 6) is 1.26. The van der Waals surface area contributed by atoms with Gasteiger partial charge in [0.15, 0.2) is 0 Å². The van der Waals surface area contributed by atoms with Crippen molar-refractivity contribution in [3.8, 4) is 5.75 Å². The third-order valence-electron chi connectivity index (χ3n) is 2.40. The molecule has 0 bridgehead atoms. The van der Waals surface area contributed by atoms with Gasteiger partial charge in [0, 0.05) is 17.3 Å². The Morgan fingerprint density at radius 2 is 2.22 bits per heavy atom. The summed E-state index contributed by atoms with van der Waals surface area (Å²) < 4.78 is 5.07. The first-order valence-corrected chi connectivity index (χ1v) is 5.41. The first-order valence-electron chi connectivity index (χ1n) is 5.41. The zero-order chi connectivity index (χ0) is 13.0. The first-order chi connectivity index (χ1) is 8.69. The Bertz CT molecular complexity index is 551. The number of carbonyl (C=O) groups excluding carboxylic acids is 1. The van der Waals surface area contributed by atoms with Crippen molar-refractivity contribution in [3.63, 3.8) is 0 Å². The Morgan fingerprint density at radius 1 is 1.39 bits per heavy atom. The normalized spacial score (nSPS) is 9.89. The second-order valence-corrected chi connectivity index (χ2v) is 3.74. The number of hydrogen-bond acceptors (Lipinski definition) is 3. The maximum Gasteiger partial charge on any atom is 0.324 e. The number of carbonyl (C=O) groups is 1. The van der Waals surface area contributed by atoms with Gasteiger partial charge in [-0.3, -0.25) is 10.4 Å². The monoisotopic (exact) mass is 246 g/mol. The number of anilines is 2. The summed E-state index contributed by atoms with van der Waals surface area (Å²) in [5, 5.41) is 11.9. The van der Waals surface area contributed by atoms with E-state index in [1.807, 2.05) is 13.0 Å². The van der Waals surface area contributed by atoms with Crippen LogP contribution in [0.2, 0.25) is 0 Å². The van der Waals surface area contributed by atoms with Crippen LogP contribution < -0.4 is 15.4 Å². The molecule has 1 aromatic heterocycles. The van der Waals surface area contributed by atoms with Crippen molar-refractivity contribution in [2.45, 2.75) is 6.92 Å². The van der Waals surface area contributed by atoms with Crippen LogP contribution in [-0.4, -0.2) is 23.3 Å². The van der Waals surface area contributed by atoms with E-state index in [1.165, 1.54) is 0 Å². The van der Waals surface area contributed by atoms with Gasteiger partial charge in [-0.1, -0.05) is 6.07 Å². The lowest BCUT2D eigenvalue weighted by Gasteiger charge is -2.07. The summed E-state index contributed by atoms with van der Waals surface area (Å²) >= 11 is 0. The van der Waals surface area contributed by atoms with E-state index < -0.39 is 0 Å². The van der Waals surface area contributed by atoms with Crippen LogP contribution in [0.1, 0.15) is 5.56 Å². The molecule has 1 aromatic carbocycles. The molecule has 3 N–H and O–H groups in total. The molecule has 0 spiro atoms. The third kappa shape index (κ3) is 2.79. The number of aromatic amines is 1. The number of rotatable bonds is 3. The number of H-pyrrole nitrogens is 1. The number of amides is 2. The lowest BCUT2D eigenvalue weighted by atomic mass is 10.3. The van der Waals surface area contributed by atoms with E-state index in [-0.39, 0.29) is 6.03 Å². The number of aryl methyl sites for hydroxylation is 1. The van der Waals surface area contributed by atoms with Gasteiger partial charge in [0.05, 0.1) is 13.3 Å². The van der Waals surface area contributed by atoms with Crippen LogP contribution in [0.15, 0.2) is 30.5 Å². The highest BCUT2D eigenvalue weighted by Gasteiger charge is 2.06. The second-order valence-electron chi connectivity index (χ2n) is 3.74. The Hall–Kier alpha value is -2.50. The van der Waals surface area contributed by atoms with Gasteiger partial charge in [-0.2, -0.15) is 5.10 Å². The van der Waals surface area contributed by atoms with Gasteiger partial charge >= 0.3 is 6.03 Å². The first kappa shape index (κ1) is 12.0. The van der Waals surface area contributed by atoms with Crippen LogP contribution in [0.25, 0.3) is 0 Å². The van der Waals surface area contributed by atoms with Crippen molar-refractivity contribution in [1.82, 2.24) is 10.2 Å². The number of urea groups is 1. The van der Waals surface area contributed by atoms with Crippen LogP contribution in [0, 0.1) is 6.92 Å². The average Bonchev–Trinajstić information content (AvgIpc) is 2.75. The molecule has 2 amide bonds. The van der Waals surface area contributed by atoms with Crippen LogP contribution in [0.3, 0.4) is 0 Å². The Labute approximate surface area is 104 Å². The van der Waals surface area contributed by atoms with E-state index in [9.17, 15) is 4.79 Å². The largest absolute Gasteiger partial charge is 0.497 e. The standard InChI is InChI=1S/C12H14N4O2/c1-8-7-13-16-11(8)15-12(17)14-9-4-3-5-10(6-9)18-2/h3-7H,1-2H3,(H3,13,14,15,16,17). The molecule has 94 valence electrons. The number of nitrogens with one attached hydrogen (secondary N) is 3. The molecule has 6 heteroatoms. The fourth-order valence-corrected chi connectivity index (χ4v) is 1.45. The molecular weight excluding hydrogens is 232 g/mol. The summed E-state index contributed by atoms with van der Waals surface area (Å²) in [4.78, 5) is 11.7. The molecule has 0 atom stereocenters. The van der Waals surface area contributed by atoms with Gasteiger partial charge in [0.2, 0.25) is 0 Å². The number of methoxy groups -OCH3 is 1. The molecule has 0 radical (unpaired) electrons. The molecular formula is C12H14N4O2. The summed E-state index contributed by atoms with van der Waals surface area (Å²) in [6.07, 6.45) is 1.64. The van der Waals surface area contributed by atoms with Crippen LogP contribution in [0.4, 0.5) is 16.3 Å². The van der Waals surface area contributed by atoms with Crippen molar-refractivity contribution < 1.29 is 9.53 Å². The van der Waals surface area contributed by atoms with E-state index in [0.29, 0.717) is 17.3 Å². The molecule has 0 aliphatic rings. The molecule has 0 fully saturated rings. The SMILES string of the molecule is COc1cccc(NC(=O)Nc2[nH]ncc2C)c1. The van der Waals surface area contributed by atoms with Crippen LogP contribution in [-0.2, 0) is 0 Å². The minimum atomic E-state index is -0.337. The highest BCUT2D eigenvalue weighted by atomic mass is 16.5. The van der Waals surface area contributed by atoms with Crippen molar-refractivity contribution in [2.75, 3.05) is 17.7 Å². The summed E-state index contributed by atoms with van der Waals surface area (Å²) in [6, 6.07) is 6.79. The topological polar surface area (TPSA) is 79.0 Å². The lowest BCUT2D eigenvalue weighted by molar-refractivity contribution is 0.262. The van der Waals surface area contributed by atoms with Crippen molar-refractivity contribution in [2.24, 2.45) is 0 Å². The van der Waals surface area contributed by atoms with Gasteiger partial charge in [-0.05, 0) is 19.1 Å². The molecule has 1 heterocycles. The Kier molecular flexibility index (Phi) is 3.47. The van der Waals surface area contributed by atoms with Gasteiger partial charge in [0.25, 0.3) is 0 Å². The number of benzene rings is 1. The van der Waals surface area contributed by atoms with Crippen molar-refractivity contribution in [1.29, 1.82) is 0 Å². The average molecular weight is 246 g/mol. The van der Waals surface area contributed by atoms with Crippen molar-refractivity contribution in [3.05, 3.63) is 36.0 Å². The maximum atomic E-state index is 11.7. The Balaban J connectivity index is 2.01. The van der Waals surface area contributed by atoms with Crippen molar-refractivity contribution >= 4 is 17.5 Å². The van der Waals surface area contributed by atoms with Gasteiger partial charge in [0.1, 0.15) is 11.6 Å². The number of hydrogen-bond donors (Lipinski definition) is 3. The summed E-state index contributed by atoms with van der Waals surface area (Å²) in [6.45, 7) is 1.85. The molecule has 0 unspecified atom stereocenters. The van der Waals surface area contributed by atoms with Crippen LogP contribution in [0.5, 0.6) is 5.75 Å². The molecule has 0 aliphatic heterocycles. The summed E-state index contributed by atoms with van der Waals surface area (Å²) in [7, 11) is 1.58. The van der Waals surface area contributed by atoms with E-state index in [4.69, 9.17) is 4.74 Å². The quantitative estimate of drug-likeness (QED) is 0.777. The molecule has 18 heavy (non-hydrogen) atoms. The highest BCUT2D eigenvalue weighted by Crippen LogP contribution is 2.17. The fourth-order valence-electron chi connectivity index (χ4n) is 1.45. The smallest absolute Gasteiger partial charge is 0.324 e. The molecule has 6 nitrogen and oxygen atoms in total.